The maximum Gasteiger partial charge on any atom is 0.164 e. The van der Waals surface area contributed by atoms with E-state index in [9.17, 15) is 0 Å². The maximum absolute atomic E-state index is 4.91. The Kier molecular flexibility index (Phi) is 7.42. The molecule has 0 unspecified atom stereocenters. The Balaban J connectivity index is 1.58. The van der Waals surface area contributed by atoms with Crippen molar-refractivity contribution in [1.29, 1.82) is 0 Å². The van der Waals surface area contributed by atoms with Gasteiger partial charge in [-0.05, 0) is 55.0 Å². The maximum atomic E-state index is 4.91. The summed E-state index contributed by atoms with van der Waals surface area (Å²) in [5, 5.41) is 0. The van der Waals surface area contributed by atoms with E-state index in [-0.39, 0.29) is 0 Å². The molecule has 0 saturated carbocycles. The molecule has 4 aromatic carbocycles. The van der Waals surface area contributed by atoms with Gasteiger partial charge in [0.25, 0.3) is 0 Å². The third-order valence-corrected chi connectivity index (χ3v) is 6.32. The van der Waals surface area contributed by atoms with Crippen molar-refractivity contribution in [1.82, 2.24) is 15.0 Å². The van der Waals surface area contributed by atoms with Gasteiger partial charge in [0, 0.05) is 22.4 Å². The molecule has 0 N–H and O–H groups in total. The van der Waals surface area contributed by atoms with Crippen LogP contribution in [-0.2, 0) is 0 Å². The summed E-state index contributed by atoms with van der Waals surface area (Å²) in [7, 11) is 0. The molecule has 0 atom stereocenters. The SMILES string of the molecule is C=N/C(C)=C\C=C(/C)c1cccc(-c2nc(-c3ccccc3)nc(-c3ccc(-c4ccccc4)cc3)n2)c1. The van der Waals surface area contributed by atoms with Crippen molar-refractivity contribution in [2.75, 3.05) is 0 Å². The molecule has 0 bridgehead atoms. The third-order valence-electron chi connectivity index (χ3n) is 6.32. The minimum Gasteiger partial charge on any atom is -0.269 e. The monoisotopic (exact) mass is 492 g/mol. The van der Waals surface area contributed by atoms with Crippen LogP contribution in [0.4, 0.5) is 0 Å². The lowest BCUT2D eigenvalue weighted by Gasteiger charge is -2.10. The van der Waals surface area contributed by atoms with Gasteiger partial charge < -0.3 is 0 Å². The second-order valence-electron chi connectivity index (χ2n) is 9.01. The Hall–Kier alpha value is -4.96. The van der Waals surface area contributed by atoms with Gasteiger partial charge in [-0.25, -0.2) is 15.0 Å². The first-order valence-electron chi connectivity index (χ1n) is 12.5. The standard InChI is InChI=1S/C34H28N4/c1-24(17-18-25(2)35-3)30-15-10-16-31(23-30)34-37-32(28-13-8-5-9-14-28)36-33(38-34)29-21-19-27(20-22-29)26-11-6-4-7-12-26/h4-23H,3H2,1-2H3/b24-17+,25-18-. The van der Waals surface area contributed by atoms with Crippen molar-refractivity contribution in [3.8, 4) is 45.3 Å². The molecule has 0 radical (unpaired) electrons. The lowest BCUT2D eigenvalue weighted by atomic mass is 10.0. The zero-order valence-corrected chi connectivity index (χ0v) is 21.5. The number of nitrogens with zero attached hydrogens (tertiary/aromatic N) is 4. The molecule has 0 spiro atoms. The van der Waals surface area contributed by atoms with Crippen LogP contribution in [0.15, 0.2) is 132 Å². The molecule has 5 rings (SSSR count). The van der Waals surface area contributed by atoms with Crippen molar-refractivity contribution in [2.45, 2.75) is 13.8 Å². The summed E-state index contributed by atoms with van der Waals surface area (Å²) < 4.78 is 0. The van der Waals surface area contributed by atoms with E-state index >= 15 is 0 Å². The number of hydrogen-bond acceptors (Lipinski definition) is 4. The minimum atomic E-state index is 0.634. The molecular weight excluding hydrogens is 464 g/mol. The van der Waals surface area contributed by atoms with Crippen molar-refractivity contribution >= 4 is 12.3 Å². The largest absolute Gasteiger partial charge is 0.269 e. The third kappa shape index (κ3) is 5.71. The van der Waals surface area contributed by atoms with Gasteiger partial charge in [0.05, 0.1) is 0 Å². The number of hydrogen-bond donors (Lipinski definition) is 0. The summed E-state index contributed by atoms with van der Waals surface area (Å²) in [5.41, 5.74) is 8.22. The van der Waals surface area contributed by atoms with E-state index in [2.05, 4.69) is 67.2 Å². The summed E-state index contributed by atoms with van der Waals surface area (Å²) in [6, 6.07) is 37.0. The smallest absolute Gasteiger partial charge is 0.164 e. The van der Waals surface area contributed by atoms with Crippen molar-refractivity contribution in [3.63, 3.8) is 0 Å². The zero-order chi connectivity index (χ0) is 26.3. The number of aromatic nitrogens is 3. The fraction of sp³-hybridized carbons (Fsp3) is 0.0588. The molecular formula is C34H28N4. The highest BCUT2D eigenvalue weighted by Crippen LogP contribution is 2.28. The van der Waals surface area contributed by atoms with Gasteiger partial charge in [-0.3, -0.25) is 4.99 Å². The predicted molar refractivity (Wildman–Crippen MR) is 159 cm³/mol. The Bertz CT molecular complexity index is 1620. The first kappa shape index (κ1) is 24.7. The summed E-state index contributed by atoms with van der Waals surface area (Å²) in [6.07, 6.45) is 4.01. The highest BCUT2D eigenvalue weighted by Gasteiger charge is 2.13. The van der Waals surface area contributed by atoms with Crippen LogP contribution in [0, 0.1) is 0 Å². The molecule has 38 heavy (non-hydrogen) atoms. The van der Waals surface area contributed by atoms with Crippen LogP contribution in [0.25, 0.3) is 50.9 Å². The van der Waals surface area contributed by atoms with E-state index < -0.39 is 0 Å². The van der Waals surface area contributed by atoms with Crippen LogP contribution in [0.2, 0.25) is 0 Å². The van der Waals surface area contributed by atoms with Crippen LogP contribution in [0.3, 0.4) is 0 Å². The lowest BCUT2D eigenvalue weighted by Crippen LogP contribution is -2.00. The average molecular weight is 493 g/mol. The Morgan fingerprint density at radius 3 is 1.63 bits per heavy atom. The first-order valence-corrected chi connectivity index (χ1v) is 12.5. The second-order valence-corrected chi connectivity index (χ2v) is 9.01. The van der Waals surface area contributed by atoms with E-state index in [4.69, 9.17) is 15.0 Å². The zero-order valence-electron chi connectivity index (χ0n) is 21.5. The second kappa shape index (κ2) is 11.4. The molecule has 5 aromatic rings. The van der Waals surface area contributed by atoms with E-state index in [1.54, 1.807) is 0 Å². The van der Waals surface area contributed by atoms with Crippen molar-refractivity contribution < 1.29 is 0 Å². The van der Waals surface area contributed by atoms with Gasteiger partial charge in [-0.1, -0.05) is 109 Å². The highest BCUT2D eigenvalue weighted by molar-refractivity contribution is 5.73. The average Bonchev–Trinajstić information content (AvgIpc) is 3.00. The van der Waals surface area contributed by atoms with Crippen LogP contribution in [0.1, 0.15) is 19.4 Å². The molecule has 0 aliphatic heterocycles. The van der Waals surface area contributed by atoms with Crippen LogP contribution >= 0.6 is 0 Å². The fourth-order valence-corrected chi connectivity index (χ4v) is 4.09. The van der Waals surface area contributed by atoms with E-state index in [0.717, 1.165) is 39.1 Å². The summed E-state index contributed by atoms with van der Waals surface area (Å²) in [4.78, 5) is 18.6. The minimum absolute atomic E-state index is 0.634. The normalized spacial score (nSPS) is 11.8. The highest BCUT2D eigenvalue weighted by atomic mass is 15.0. The fourth-order valence-electron chi connectivity index (χ4n) is 4.09. The summed E-state index contributed by atoms with van der Waals surface area (Å²) >= 11 is 0. The van der Waals surface area contributed by atoms with Gasteiger partial charge in [0.15, 0.2) is 17.5 Å². The molecule has 1 aromatic heterocycles. The van der Waals surface area contributed by atoms with Crippen molar-refractivity contribution in [2.24, 2.45) is 4.99 Å². The predicted octanol–water partition coefficient (Wildman–Crippen LogP) is 8.55. The molecule has 1 heterocycles. The number of aliphatic imine (C=N–C) groups is 1. The van der Waals surface area contributed by atoms with Gasteiger partial charge in [-0.2, -0.15) is 0 Å². The molecule has 4 heteroatoms. The van der Waals surface area contributed by atoms with E-state index in [0.29, 0.717) is 17.5 Å². The summed E-state index contributed by atoms with van der Waals surface area (Å²) in [5.74, 6) is 1.92. The van der Waals surface area contributed by atoms with E-state index in [1.165, 1.54) is 5.56 Å². The first-order chi connectivity index (χ1) is 18.6. The molecule has 0 aliphatic carbocycles. The lowest BCUT2D eigenvalue weighted by molar-refractivity contribution is 1.07. The topological polar surface area (TPSA) is 51.0 Å². The Morgan fingerprint density at radius 2 is 1.03 bits per heavy atom. The van der Waals surface area contributed by atoms with Crippen LogP contribution in [-0.4, -0.2) is 21.7 Å². The summed E-state index contributed by atoms with van der Waals surface area (Å²) in [6.45, 7) is 7.59. The Morgan fingerprint density at radius 1 is 0.553 bits per heavy atom. The van der Waals surface area contributed by atoms with E-state index in [1.807, 2.05) is 79.7 Å². The number of benzene rings is 4. The van der Waals surface area contributed by atoms with Gasteiger partial charge in [0.2, 0.25) is 0 Å². The van der Waals surface area contributed by atoms with Gasteiger partial charge >= 0.3 is 0 Å². The van der Waals surface area contributed by atoms with Crippen LogP contribution < -0.4 is 0 Å². The number of rotatable bonds is 7. The Labute approximate surface area is 223 Å². The molecule has 0 saturated heterocycles. The van der Waals surface area contributed by atoms with Gasteiger partial charge in [-0.15, -0.1) is 0 Å². The number of allylic oxidation sites excluding steroid dienone is 4. The molecule has 0 aliphatic rings. The van der Waals surface area contributed by atoms with Gasteiger partial charge in [0.1, 0.15) is 0 Å². The quantitative estimate of drug-likeness (QED) is 0.169. The molecule has 0 fully saturated rings. The van der Waals surface area contributed by atoms with Crippen LogP contribution in [0.5, 0.6) is 0 Å². The molecule has 0 amide bonds. The molecule has 184 valence electrons. The molecule has 4 nitrogen and oxygen atoms in total. The van der Waals surface area contributed by atoms with Crippen molar-refractivity contribution in [3.05, 3.63) is 133 Å².